The van der Waals surface area contributed by atoms with Crippen molar-refractivity contribution in [3.63, 3.8) is 0 Å². The Kier molecular flexibility index (Phi) is 4.15. The van der Waals surface area contributed by atoms with E-state index in [4.69, 9.17) is 0 Å². The first kappa shape index (κ1) is 11.1. The fourth-order valence-electron chi connectivity index (χ4n) is 1.88. The van der Waals surface area contributed by atoms with Crippen molar-refractivity contribution in [2.75, 3.05) is 6.54 Å². The normalized spacial score (nSPS) is 17.9. The Morgan fingerprint density at radius 2 is 2.47 bits per heavy atom. The molecule has 1 fully saturated rings. The number of thiazole rings is 1. The molecule has 15 heavy (non-hydrogen) atoms. The zero-order valence-electron chi connectivity index (χ0n) is 9.41. The van der Waals surface area contributed by atoms with Crippen LogP contribution in [-0.4, -0.2) is 11.5 Å². The van der Waals surface area contributed by atoms with Gasteiger partial charge in [0.05, 0.1) is 17.2 Å². The van der Waals surface area contributed by atoms with Crippen LogP contribution in [-0.2, 0) is 0 Å². The highest BCUT2D eigenvalue weighted by Crippen LogP contribution is 2.35. The highest BCUT2D eigenvalue weighted by Gasteiger charge is 2.23. The van der Waals surface area contributed by atoms with Crippen LogP contribution in [0, 0.1) is 5.92 Å². The predicted octanol–water partition coefficient (Wildman–Crippen LogP) is 3.37. The molecule has 0 radical (unpaired) electrons. The van der Waals surface area contributed by atoms with Crippen LogP contribution in [0.2, 0.25) is 0 Å². The van der Waals surface area contributed by atoms with Crippen molar-refractivity contribution < 1.29 is 0 Å². The summed E-state index contributed by atoms with van der Waals surface area (Å²) in [6, 6.07) is 0.497. The Balaban J connectivity index is 1.83. The van der Waals surface area contributed by atoms with Crippen LogP contribution in [0.15, 0.2) is 10.9 Å². The summed E-state index contributed by atoms with van der Waals surface area (Å²) in [6.07, 6.45) is 6.74. The second-order valence-corrected chi connectivity index (χ2v) is 5.16. The van der Waals surface area contributed by atoms with Crippen LogP contribution >= 0.6 is 11.3 Å². The summed E-state index contributed by atoms with van der Waals surface area (Å²) in [6.45, 7) is 3.32. The summed E-state index contributed by atoms with van der Waals surface area (Å²) in [7, 11) is 0. The highest BCUT2D eigenvalue weighted by atomic mass is 32.1. The van der Waals surface area contributed by atoms with E-state index in [2.05, 4.69) is 22.6 Å². The Hall–Kier alpha value is -0.410. The van der Waals surface area contributed by atoms with Gasteiger partial charge in [-0.05, 0) is 31.7 Å². The van der Waals surface area contributed by atoms with Gasteiger partial charge in [0.2, 0.25) is 0 Å². The quantitative estimate of drug-likeness (QED) is 0.768. The molecule has 0 aromatic carbocycles. The van der Waals surface area contributed by atoms with E-state index in [-0.39, 0.29) is 0 Å². The first-order valence-electron chi connectivity index (χ1n) is 6.01. The predicted molar refractivity (Wildman–Crippen MR) is 65.1 cm³/mol. The lowest BCUT2D eigenvalue weighted by molar-refractivity contribution is 0.463. The van der Waals surface area contributed by atoms with Crippen molar-refractivity contribution in [3.8, 4) is 0 Å². The molecule has 1 saturated carbocycles. The largest absolute Gasteiger partial charge is 0.309 e. The Labute approximate surface area is 96.1 Å². The van der Waals surface area contributed by atoms with Crippen LogP contribution in [0.4, 0.5) is 0 Å². The molecule has 0 aliphatic heterocycles. The number of rotatable bonds is 7. The molecule has 0 amide bonds. The molecule has 1 aliphatic rings. The number of hydrogen-bond donors (Lipinski definition) is 1. The number of aromatic nitrogens is 1. The minimum Gasteiger partial charge on any atom is -0.309 e. The minimum absolute atomic E-state index is 0.497. The first-order valence-corrected chi connectivity index (χ1v) is 6.96. The lowest BCUT2D eigenvalue weighted by atomic mass is 10.1. The van der Waals surface area contributed by atoms with Crippen LogP contribution in [0.5, 0.6) is 0 Å². The van der Waals surface area contributed by atoms with Gasteiger partial charge in [-0.1, -0.05) is 19.8 Å². The molecule has 1 heterocycles. The Morgan fingerprint density at radius 1 is 1.60 bits per heavy atom. The number of hydrogen-bond acceptors (Lipinski definition) is 3. The summed E-state index contributed by atoms with van der Waals surface area (Å²) < 4.78 is 0. The Bertz CT molecular complexity index is 267. The zero-order chi connectivity index (χ0) is 10.5. The summed E-state index contributed by atoms with van der Waals surface area (Å²) in [4.78, 5) is 4.42. The topological polar surface area (TPSA) is 24.9 Å². The third kappa shape index (κ3) is 3.58. The zero-order valence-corrected chi connectivity index (χ0v) is 10.2. The summed E-state index contributed by atoms with van der Waals surface area (Å²) >= 11 is 1.70. The van der Waals surface area contributed by atoms with Gasteiger partial charge in [0, 0.05) is 5.38 Å². The molecule has 3 heteroatoms. The summed E-state index contributed by atoms with van der Waals surface area (Å²) in [5, 5.41) is 5.78. The van der Waals surface area contributed by atoms with Gasteiger partial charge in [-0.2, -0.15) is 0 Å². The van der Waals surface area contributed by atoms with E-state index in [9.17, 15) is 0 Å². The van der Waals surface area contributed by atoms with Gasteiger partial charge in [0.1, 0.15) is 0 Å². The molecule has 0 bridgehead atoms. The van der Waals surface area contributed by atoms with E-state index in [1.807, 2.05) is 5.51 Å². The van der Waals surface area contributed by atoms with Crippen molar-refractivity contribution >= 4 is 11.3 Å². The molecule has 2 rings (SSSR count). The molecule has 1 atom stereocenters. The van der Waals surface area contributed by atoms with Crippen molar-refractivity contribution in [1.29, 1.82) is 0 Å². The van der Waals surface area contributed by atoms with E-state index in [1.54, 1.807) is 11.3 Å². The van der Waals surface area contributed by atoms with Gasteiger partial charge in [0.25, 0.3) is 0 Å². The molecule has 1 N–H and O–H groups in total. The van der Waals surface area contributed by atoms with Gasteiger partial charge < -0.3 is 5.32 Å². The van der Waals surface area contributed by atoms with Crippen molar-refractivity contribution in [2.24, 2.45) is 5.92 Å². The van der Waals surface area contributed by atoms with E-state index in [0.29, 0.717) is 6.04 Å². The van der Waals surface area contributed by atoms with E-state index >= 15 is 0 Å². The van der Waals surface area contributed by atoms with Crippen LogP contribution in [0.1, 0.15) is 50.8 Å². The van der Waals surface area contributed by atoms with Gasteiger partial charge >= 0.3 is 0 Å². The lowest BCUT2D eigenvalue weighted by Crippen LogP contribution is -2.22. The molecule has 0 spiro atoms. The first-order chi connectivity index (χ1) is 7.40. The average Bonchev–Trinajstić information content (AvgIpc) is 2.92. The molecule has 84 valence electrons. The average molecular weight is 224 g/mol. The van der Waals surface area contributed by atoms with Crippen LogP contribution in [0.3, 0.4) is 0 Å². The fraction of sp³-hybridized carbons (Fsp3) is 0.750. The maximum absolute atomic E-state index is 4.42. The van der Waals surface area contributed by atoms with Gasteiger partial charge in [-0.25, -0.2) is 4.98 Å². The second-order valence-electron chi connectivity index (χ2n) is 4.44. The molecular formula is C12H20N2S. The number of nitrogens with one attached hydrogen (secondary N) is 1. The monoisotopic (exact) mass is 224 g/mol. The number of nitrogens with zero attached hydrogens (tertiary/aromatic N) is 1. The summed E-state index contributed by atoms with van der Waals surface area (Å²) in [5.41, 5.74) is 3.18. The maximum Gasteiger partial charge on any atom is 0.0795 e. The fourth-order valence-corrected chi connectivity index (χ4v) is 2.48. The summed E-state index contributed by atoms with van der Waals surface area (Å²) in [5.74, 6) is 1.02. The van der Waals surface area contributed by atoms with Crippen molar-refractivity contribution in [1.82, 2.24) is 10.3 Å². The van der Waals surface area contributed by atoms with Gasteiger partial charge in [0.15, 0.2) is 0 Å². The maximum atomic E-state index is 4.42. The molecule has 1 unspecified atom stereocenters. The molecule has 1 aliphatic carbocycles. The van der Waals surface area contributed by atoms with E-state index in [0.717, 1.165) is 12.5 Å². The van der Waals surface area contributed by atoms with Crippen molar-refractivity contribution in [2.45, 2.75) is 45.1 Å². The van der Waals surface area contributed by atoms with Crippen molar-refractivity contribution in [3.05, 3.63) is 16.6 Å². The van der Waals surface area contributed by atoms with Gasteiger partial charge in [-0.15, -0.1) is 11.3 Å². The minimum atomic E-state index is 0.497. The molecule has 1 aromatic rings. The SMILES string of the molecule is CCCNC(CCC1CC1)c1cscn1. The standard InChI is InChI=1S/C12H20N2S/c1-2-7-13-11(6-5-10-3-4-10)12-8-15-9-14-12/h8-11,13H,2-7H2,1H3. The molecule has 2 nitrogen and oxygen atoms in total. The molecule has 0 saturated heterocycles. The third-order valence-electron chi connectivity index (χ3n) is 3.01. The van der Waals surface area contributed by atoms with E-state index in [1.165, 1.54) is 37.8 Å². The lowest BCUT2D eigenvalue weighted by Gasteiger charge is -2.16. The van der Waals surface area contributed by atoms with Gasteiger partial charge in [-0.3, -0.25) is 0 Å². The Morgan fingerprint density at radius 3 is 3.07 bits per heavy atom. The smallest absolute Gasteiger partial charge is 0.0795 e. The second kappa shape index (κ2) is 5.61. The van der Waals surface area contributed by atoms with Crippen LogP contribution < -0.4 is 5.32 Å². The molecule has 1 aromatic heterocycles. The third-order valence-corrected chi connectivity index (χ3v) is 3.61. The van der Waals surface area contributed by atoms with Crippen LogP contribution in [0.25, 0.3) is 0 Å². The highest BCUT2D eigenvalue weighted by molar-refractivity contribution is 7.07. The molecular weight excluding hydrogens is 204 g/mol. The van der Waals surface area contributed by atoms with E-state index < -0.39 is 0 Å².